The van der Waals surface area contributed by atoms with Crippen LogP contribution in [0, 0.1) is 0 Å². The highest BCUT2D eigenvalue weighted by Crippen LogP contribution is 2.33. The molecule has 2 aromatic heterocycles. The second kappa shape index (κ2) is 7.68. The quantitative estimate of drug-likeness (QED) is 0.601. The molecule has 0 bridgehead atoms. The number of furan rings is 1. The first-order chi connectivity index (χ1) is 15.3. The van der Waals surface area contributed by atoms with Gasteiger partial charge in [-0.3, -0.25) is 4.79 Å². The van der Waals surface area contributed by atoms with E-state index in [0.717, 1.165) is 29.6 Å². The summed E-state index contributed by atoms with van der Waals surface area (Å²) < 4.78 is 51.8. The minimum Gasteiger partial charge on any atom is -0.486 e. The topological polar surface area (TPSA) is 73.4 Å². The monoisotopic (exact) mass is 446 g/mol. The Morgan fingerprint density at radius 1 is 1.16 bits per heavy atom. The lowest BCUT2D eigenvalue weighted by molar-refractivity contribution is -0.148. The number of fused-ring (bicyclic) bond motifs is 2. The lowest BCUT2D eigenvalue weighted by atomic mass is 10.1. The fourth-order valence-corrected chi connectivity index (χ4v) is 4.38. The molecule has 0 N–H and O–H groups in total. The Kier molecular flexibility index (Phi) is 4.94. The lowest BCUT2D eigenvalue weighted by Crippen LogP contribution is -2.41. The molecular formula is C22H21F3N4O3. The Hall–Kier alpha value is -3.30. The van der Waals surface area contributed by atoms with Gasteiger partial charge in [-0.1, -0.05) is 6.07 Å². The lowest BCUT2D eigenvalue weighted by Gasteiger charge is -2.33. The standard InChI is InChI=1S/C22H21F3N4O3/c1-13-19-26-27-21(22(23,24)25)29(19)10-9-28(13)20(30)18-8-7-17(32-18)12-31-16-6-5-14-3-2-4-15(14)11-16/h5-8,11,13H,2-4,9-10,12H2,1H3. The third-order valence-corrected chi connectivity index (χ3v) is 6.02. The van der Waals surface area contributed by atoms with Gasteiger partial charge >= 0.3 is 6.18 Å². The van der Waals surface area contributed by atoms with E-state index < -0.39 is 23.9 Å². The van der Waals surface area contributed by atoms with Crippen molar-refractivity contribution < 1.29 is 27.1 Å². The Labute approximate surface area is 181 Å². The van der Waals surface area contributed by atoms with E-state index in [-0.39, 0.29) is 31.3 Å². The maximum Gasteiger partial charge on any atom is 0.451 e. The third-order valence-electron chi connectivity index (χ3n) is 6.02. The molecule has 168 valence electrons. The highest BCUT2D eigenvalue weighted by atomic mass is 19.4. The van der Waals surface area contributed by atoms with E-state index in [1.165, 1.54) is 16.0 Å². The van der Waals surface area contributed by atoms with Gasteiger partial charge in [0.2, 0.25) is 5.82 Å². The minimum absolute atomic E-state index is 0.0394. The van der Waals surface area contributed by atoms with Crippen LogP contribution in [0.4, 0.5) is 13.2 Å². The summed E-state index contributed by atoms with van der Waals surface area (Å²) in [6, 6.07) is 8.60. The zero-order chi connectivity index (χ0) is 22.5. The van der Waals surface area contributed by atoms with Gasteiger partial charge in [-0.05, 0) is 61.6 Å². The van der Waals surface area contributed by atoms with Crippen LogP contribution in [0.25, 0.3) is 0 Å². The molecule has 1 atom stereocenters. The molecule has 1 unspecified atom stereocenters. The fourth-order valence-electron chi connectivity index (χ4n) is 4.38. The molecule has 1 aromatic carbocycles. The van der Waals surface area contributed by atoms with Crippen LogP contribution < -0.4 is 4.74 Å². The average molecular weight is 446 g/mol. The van der Waals surface area contributed by atoms with Crippen LogP contribution in [-0.2, 0) is 32.2 Å². The van der Waals surface area contributed by atoms with Crippen molar-refractivity contribution in [2.45, 2.75) is 51.6 Å². The predicted octanol–water partition coefficient (Wildman–Crippen LogP) is 4.17. The number of carbonyl (C=O) groups is 1. The molecule has 32 heavy (non-hydrogen) atoms. The normalized spacial score (nSPS) is 17.9. The maximum atomic E-state index is 13.1. The molecule has 3 aromatic rings. The number of nitrogens with zero attached hydrogens (tertiary/aromatic N) is 4. The van der Waals surface area contributed by atoms with Gasteiger partial charge in [0.1, 0.15) is 18.1 Å². The number of hydrogen-bond acceptors (Lipinski definition) is 5. The smallest absolute Gasteiger partial charge is 0.451 e. The van der Waals surface area contributed by atoms with E-state index in [1.54, 1.807) is 19.1 Å². The molecule has 3 heterocycles. The van der Waals surface area contributed by atoms with Gasteiger partial charge in [0, 0.05) is 13.1 Å². The molecule has 1 amide bonds. The second-order valence-corrected chi connectivity index (χ2v) is 8.04. The fraction of sp³-hybridized carbons (Fsp3) is 0.409. The molecule has 0 radical (unpaired) electrons. The summed E-state index contributed by atoms with van der Waals surface area (Å²) in [5, 5.41) is 6.95. The zero-order valence-corrected chi connectivity index (χ0v) is 17.4. The number of benzene rings is 1. The average Bonchev–Trinajstić information content (AvgIpc) is 3.50. The molecule has 10 heteroatoms. The summed E-state index contributed by atoms with van der Waals surface area (Å²) in [6.45, 7) is 1.85. The van der Waals surface area contributed by atoms with Gasteiger partial charge in [0.25, 0.3) is 5.91 Å². The van der Waals surface area contributed by atoms with Crippen molar-refractivity contribution >= 4 is 5.91 Å². The van der Waals surface area contributed by atoms with Crippen LogP contribution in [0.2, 0.25) is 0 Å². The first-order valence-electron chi connectivity index (χ1n) is 10.5. The third kappa shape index (κ3) is 3.63. The van der Waals surface area contributed by atoms with E-state index in [4.69, 9.17) is 9.15 Å². The molecular weight excluding hydrogens is 425 g/mol. The van der Waals surface area contributed by atoms with Gasteiger partial charge in [-0.25, -0.2) is 0 Å². The van der Waals surface area contributed by atoms with Crippen LogP contribution in [0.3, 0.4) is 0 Å². The number of hydrogen-bond donors (Lipinski definition) is 0. The number of amides is 1. The van der Waals surface area contributed by atoms with Gasteiger partial charge in [-0.2, -0.15) is 13.2 Å². The van der Waals surface area contributed by atoms with Gasteiger partial charge in [-0.15, -0.1) is 10.2 Å². The van der Waals surface area contributed by atoms with Gasteiger partial charge in [0.15, 0.2) is 11.6 Å². The Balaban J connectivity index is 1.26. The number of ether oxygens (including phenoxy) is 1. The maximum absolute atomic E-state index is 13.1. The van der Waals surface area contributed by atoms with Crippen LogP contribution >= 0.6 is 0 Å². The summed E-state index contributed by atoms with van der Waals surface area (Å²) in [7, 11) is 0. The summed E-state index contributed by atoms with van der Waals surface area (Å²) in [6.07, 6.45) is -1.28. The van der Waals surface area contributed by atoms with Crippen LogP contribution in [-0.4, -0.2) is 32.1 Å². The molecule has 0 fully saturated rings. The second-order valence-electron chi connectivity index (χ2n) is 8.04. The highest BCUT2D eigenvalue weighted by Gasteiger charge is 2.42. The Morgan fingerprint density at radius 2 is 1.97 bits per heavy atom. The molecule has 1 aliphatic heterocycles. The van der Waals surface area contributed by atoms with Crippen molar-refractivity contribution in [2.75, 3.05) is 6.54 Å². The van der Waals surface area contributed by atoms with Crippen LogP contribution in [0.15, 0.2) is 34.7 Å². The number of halogens is 3. The van der Waals surface area contributed by atoms with E-state index in [2.05, 4.69) is 16.3 Å². The molecule has 0 saturated carbocycles. The first-order valence-corrected chi connectivity index (χ1v) is 10.5. The van der Waals surface area contributed by atoms with Crippen molar-refractivity contribution in [1.82, 2.24) is 19.7 Å². The van der Waals surface area contributed by atoms with Crippen molar-refractivity contribution in [3.8, 4) is 5.75 Å². The van der Waals surface area contributed by atoms with Gasteiger partial charge in [0.05, 0.1) is 6.04 Å². The molecule has 5 rings (SSSR count). The van der Waals surface area contributed by atoms with Crippen molar-refractivity contribution in [3.63, 3.8) is 0 Å². The van der Waals surface area contributed by atoms with E-state index in [1.807, 2.05) is 12.1 Å². The van der Waals surface area contributed by atoms with Crippen molar-refractivity contribution in [2.24, 2.45) is 0 Å². The SMILES string of the molecule is CC1c2nnc(C(F)(F)F)n2CCN1C(=O)c1ccc(COc2ccc3c(c2)CCC3)o1. The summed E-state index contributed by atoms with van der Waals surface area (Å²) in [5.41, 5.74) is 2.66. The first kappa shape index (κ1) is 20.6. The van der Waals surface area contributed by atoms with Gasteiger partial charge < -0.3 is 18.6 Å². The number of alkyl halides is 3. The van der Waals surface area contributed by atoms with E-state index >= 15 is 0 Å². The summed E-state index contributed by atoms with van der Waals surface area (Å²) in [5.74, 6) is -0.0167. The number of aromatic nitrogens is 3. The molecule has 1 aliphatic carbocycles. The molecule has 7 nitrogen and oxygen atoms in total. The Bertz CT molecular complexity index is 1170. The number of carbonyl (C=O) groups excluding carboxylic acids is 1. The van der Waals surface area contributed by atoms with Crippen molar-refractivity contribution in [1.29, 1.82) is 0 Å². The highest BCUT2D eigenvalue weighted by molar-refractivity contribution is 5.91. The number of rotatable bonds is 4. The molecule has 0 saturated heterocycles. The van der Waals surface area contributed by atoms with E-state index in [0.29, 0.717) is 5.76 Å². The molecule has 0 spiro atoms. The largest absolute Gasteiger partial charge is 0.486 e. The summed E-state index contributed by atoms with van der Waals surface area (Å²) >= 11 is 0. The van der Waals surface area contributed by atoms with Crippen LogP contribution in [0.5, 0.6) is 5.75 Å². The molecule has 2 aliphatic rings. The number of aryl methyl sites for hydroxylation is 2. The van der Waals surface area contributed by atoms with Crippen molar-refractivity contribution in [3.05, 3.63) is 64.6 Å². The van der Waals surface area contributed by atoms with Crippen LogP contribution in [0.1, 0.15) is 58.5 Å². The Morgan fingerprint density at radius 3 is 2.78 bits per heavy atom. The zero-order valence-electron chi connectivity index (χ0n) is 17.4. The predicted molar refractivity (Wildman–Crippen MR) is 106 cm³/mol. The van der Waals surface area contributed by atoms with E-state index in [9.17, 15) is 18.0 Å². The summed E-state index contributed by atoms with van der Waals surface area (Å²) in [4.78, 5) is 14.4. The minimum atomic E-state index is -4.59.